The molecule has 0 saturated heterocycles. The van der Waals surface area contributed by atoms with Crippen molar-refractivity contribution in [2.75, 3.05) is 46.6 Å². The van der Waals surface area contributed by atoms with Gasteiger partial charge in [-0.1, -0.05) is 20.4 Å². The molecule has 0 radical (unpaired) electrons. The highest BCUT2D eigenvalue weighted by atomic mass is 15.3. The van der Waals surface area contributed by atoms with E-state index in [4.69, 9.17) is 0 Å². The zero-order valence-electron chi connectivity index (χ0n) is 16.4. The first kappa shape index (κ1) is 20.7. The molecule has 0 atom stereocenters. The molecule has 0 spiro atoms. The Labute approximate surface area is 152 Å². The van der Waals surface area contributed by atoms with E-state index in [2.05, 4.69) is 60.3 Å². The lowest BCUT2D eigenvalue weighted by molar-refractivity contribution is 0.254. The topological polar surface area (TPSA) is 55.3 Å². The zero-order valence-corrected chi connectivity index (χ0v) is 16.4. The molecule has 0 unspecified atom stereocenters. The lowest BCUT2D eigenvalue weighted by atomic mass is 9.93. The number of benzene rings is 1. The first-order valence-corrected chi connectivity index (χ1v) is 8.39. The second-order valence-electron chi connectivity index (χ2n) is 7.13. The van der Waals surface area contributed by atoms with Gasteiger partial charge >= 0.3 is 0 Å². The van der Waals surface area contributed by atoms with E-state index >= 15 is 0 Å². The van der Waals surface area contributed by atoms with Crippen LogP contribution in [-0.2, 0) is 0 Å². The van der Waals surface area contributed by atoms with Crippen molar-refractivity contribution >= 4 is 11.4 Å². The summed E-state index contributed by atoms with van der Waals surface area (Å²) in [5, 5.41) is 14.8. The lowest BCUT2D eigenvalue weighted by Crippen LogP contribution is -2.34. The van der Waals surface area contributed by atoms with Crippen LogP contribution in [0.5, 0.6) is 0 Å². The zero-order chi connectivity index (χ0) is 18.9. The first-order valence-electron chi connectivity index (χ1n) is 8.39. The molecule has 25 heavy (non-hydrogen) atoms. The Hall–Kier alpha value is -2.34. The highest BCUT2D eigenvalue weighted by Gasteiger charge is 2.18. The fourth-order valence-corrected chi connectivity index (χ4v) is 2.36. The Kier molecular flexibility index (Phi) is 8.15. The Bertz CT molecular complexity index is 586. The Morgan fingerprint density at radius 2 is 1.84 bits per heavy atom. The molecule has 0 aliphatic carbocycles. The summed E-state index contributed by atoms with van der Waals surface area (Å²) in [6.07, 6.45) is 3.64. The average Bonchev–Trinajstić information content (AvgIpc) is 2.55. The van der Waals surface area contributed by atoms with Gasteiger partial charge in [-0.3, -0.25) is 0 Å². The van der Waals surface area contributed by atoms with Crippen molar-refractivity contribution in [1.29, 1.82) is 0 Å². The summed E-state index contributed by atoms with van der Waals surface area (Å²) in [5.74, 6) is 0.569. The fraction of sp³-hybridized carbons (Fsp3) is 0.474. The number of hydrogen-bond acceptors (Lipinski definition) is 6. The van der Waals surface area contributed by atoms with Crippen molar-refractivity contribution in [3.05, 3.63) is 49.1 Å². The number of azo groups is 1. The molecule has 0 amide bonds. The molecule has 138 valence electrons. The quantitative estimate of drug-likeness (QED) is 0.633. The smallest absolute Gasteiger partial charge is 0.147 e. The van der Waals surface area contributed by atoms with Crippen molar-refractivity contribution in [3.63, 3.8) is 0 Å². The predicted octanol–water partition coefficient (Wildman–Crippen LogP) is 3.86. The minimum Gasteiger partial charge on any atom is -0.393 e. The monoisotopic (exact) mass is 344 g/mol. The predicted molar refractivity (Wildman–Crippen MR) is 107 cm³/mol. The normalized spacial score (nSPS) is 12.1. The van der Waals surface area contributed by atoms with Crippen molar-refractivity contribution in [2.24, 2.45) is 15.6 Å². The molecular formula is C19H32N6. The van der Waals surface area contributed by atoms with Gasteiger partial charge < -0.3 is 20.4 Å². The maximum atomic E-state index is 4.22. The summed E-state index contributed by atoms with van der Waals surface area (Å²) in [4.78, 5) is 4.00. The molecule has 0 saturated carbocycles. The van der Waals surface area contributed by atoms with Crippen LogP contribution < -0.4 is 10.6 Å². The molecule has 0 aliphatic rings. The van der Waals surface area contributed by atoms with Gasteiger partial charge in [-0.25, -0.2) is 0 Å². The van der Waals surface area contributed by atoms with Gasteiger partial charge in [-0.15, -0.1) is 10.2 Å². The molecule has 0 fully saturated rings. The number of nitrogens with zero attached hydrogens (tertiary/aromatic N) is 4. The second kappa shape index (κ2) is 9.84. The maximum absolute atomic E-state index is 4.22. The van der Waals surface area contributed by atoms with E-state index in [1.54, 1.807) is 11.1 Å². The van der Waals surface area contributed by atoms with Crippen LogP contribution in [0, 0.1) is 5.41 Å². The Morgan fingerprint density at radius 1 is 1.20 bits per heavy atom. The van der Waals surface area contributed by atoms with Gasteiger partial charge in [-0.05, 0) is 43.8 Å². The minimum atomic E-state index is 0.199. The van der Waals surface area contributed by atoms with Gasteiger partial charge in [0.25, 0.3) is 0 Å². The number of hydrogen-bond donors (Lipinski definition) is 2. The third-order valence-electron chi connectivity index (χ3n) is 3.54. The summed E-state index contributed by atoms with van der Waals surface area (Å²) >= 11 is 0. The van der Waals surface area contributed by atoms with Crippen LogP contribution in [0.4, 0.5) is 11.4 Å². The number of anilines is 1. The van der Waals surface area contributed by atoms with Crippen molar-refractivity contribution < 1.29 is 0 Å². The highest BCUT2D eigenvalue weighted by molar-refractivity contribution is 5.50. The molecule has 0 aromatic heterocycles. The average molecular weight is 345 g/mol. The molecule has 0 aliphatic heterocycles. The van der Waals surface area contributed by atoms with Crippen LogP contribution in [0.1, 0.15) is 13.8 Å². The van der Waals surface area contributed by atoms with Gasteiger partial charge in [0.15, 0.2) is 0 Å². The third-order valence-corrected chi connectivity index (χ3v) is 3.54. The van der Waals surface area contributed by atoms with E-state index in [0.717, 1.165) is 24.5 Å². The Balaban J connectivity index is 2.57. The van der Waals surface area contributed by atoms with Crippen LogP contribution >= 0.6 is 0 Å². The third kappa shape index (κ3) is 8.35. The first-order chi connectivity index (χ1) is 11.7. The van der Waals surface area contributed by atoms with E-state index in [9.17, 15) is 0 Å². The largest absolute Gasteiger partial charge is 0.393 e. The van der Waals surface area contributed by atoms with Crippen LogP contribution in [0.3, 0.4) is 0 Å². The fourth-order valence-electron chi connectivity index (χ4n) is 2.36. The van der Waals surface area contributed by atoms with Crippen molar-refractivity contribution in [2.45, 2.75) is 13.8 Å². The molecule has 6 heteroatoms. The summed E-state index contributed by atoms with van der Waals surface area (Å²) in [6, 6.07) is 7.93. The summed E-state index contributed by atoms with van der Waals surface area (Å²) in [5.41, 5.74) is 2.08. The lowest BCUT2D eigenvalue weighted by Gasteiger charge is -2.28. The van der Waals surface area contributed by atoms with Crippen molar-refractivity contribution in [1.82, 2.24) is 15.1 Å². The van der Waals surface area contributed by atoms with E-state index in [1.807, 2.05) is 44.6 Å². The molecule has 6 nitrogen and oxygen atoms in total. The number of nitrogens with one attached hydrogen (secondary N) is 2. The maximum Gasteiger partial charge on any atom is 0.147 e. The molecule has 1 aromatic carbocycles. The number of rotatable bonds is 10. The van der Waals surface area contributed by atoms with E-state index in [1.165, 1.54) is 0 Å². The SMILES string of the molecule is C=C(N=Nc1ccc(NCC(C)(C)CN(C)C)cc1)N(C)/C=C\NC. The van der Waals surface area contributed by atoms with Crippen LogP contribution in [0.2, 0.25) is 0 Å². The minimum absolute atomic E-state index is 0.199. The Morgan fingerprint density at radius 3 is 2.40 bits per heavy atom. The molecule has 1 rings (SSSR count). The van der Waals surface area contributed by atoms with Gasteiger partial charge in [0, 0.05) is 45.3 Å². The van der Waals surface area contributed by atoms with Gasteiger partial charge in [0.1, 0.15) is 5.82 Å². The van der Waals surface area contributed by atoms with Gasteiger partial charge in [0.05, 0.1) is 5.69 Å². The molecule has 0 bridgehead atoms. The van der Waals surface area contributed by atoms with E-state index < -0.39 is 0 Å². The highest BCUT2D eigenvalue weighted by Crippen LogP contribution is 2.21. The van der Waals surface area contributed by atoms with Crippen LogP contribution in [0.25, 0.3) is 0 Å². The van der Waals surface area contributed by atoms with Crippen molar-refractivity contribution in [3.8, 4) is 0 Å². The summed E-state index contributed by atoms with van der Waals surface area (Å²) in [7, 11) is 7.91. The van der Waals surface area contributed by atoms with Crippen LogP contribution in [0.15, 0.2) is 59.3 Å². The summed E-state index contributed by atoms with van der Waals surface area (Å²) < 4.78 is 0. The molecular weight excluding hydrogens is 312 g/mol. The standard InChI is InChI=1S/C19H32N6/c1-16(25(7)13-12-20-4)22-23-18-10-8-17(9-11-18)21-14-19(2,3)15-24(5)6/h8-13,20-21H,1,14-15H2,2-7H3/b13-12-,23-22?. The molecule has 2 N–H and O–H groups in total. The van der Waals surface area contributed by atoms with Gasteiger partial charge in [-0.2, -0.15) is 0 Å². The van der Waals surface area contributed by atoms with E-state index in [-0.39, 0.29) is 5.41 Å². The second-order valence-corrected chi connectivity index (χ2v) is 7.13. The van der Waals surface area contributed by atoms with Crippen LogP contribution in [-0.4, -0.2) is 51.1 Å². The summed E-state index contributed by atoms with van der Waals surface area (Å²) in [6.45, 7) is 10.3. The molecule has 1 aromatic rings. The van der Waals surface area contributed by atoms with E-state index in [0.29, 0.717) is 5.82 Å². The molecule has 0 heterocycles. The van der Waals surface area contributed by atoms with Gasteiger partial charge in [0.2, 0.25) is 0 Å².